The van der Waals surface area contributed by atoms with Crippen LogP contribution in [0.4, 0.5) is 0 Å². The number of benzene rings is 1. The second-order valence-corrected chi connectivity index (χ2v) is 6.93. The number of carbonyl (C=O) groups excluding carboxylic acids is 1. The van der Waals surface area contributed by atoms with Crippen LogP contribution in [-0.4, -0.2) is 35.4 Å². The summed E-state index contributed by atoms with van der Waals surface area (Å²) in [5.74, 6) is 0.0877. The standard InChI is InChI=1S/C20H24ClN3O/c21-18-8-6-16(7-9-18)10-12-23-20(25)15-24-13-2-1-5-19(24)17-4-3-11-22-14-17/h3-4,6-9,11,14,19H,1-2,5,10,12-13,15H2,(H,23,25). The molecule has 0 spiro atoms. The van der Waals surface area contributed by atoms with Crippen LogP contribution >= 0.6 is 11.6 Å². The Kier molecular flexibility index (Phi) is 6.42. The summed E-state index contributed by atoms with van der Waals surface area (Å²) in [7, 11) is 0. The van der Waals surface area contributed by atoms with Crippen LogP contribution in [0.25, 0.3) is 0 Å². The number of aromatic nitrogens is 1. The number of nitrogens with zero attached hydrogens (tertiary/aromatic N) is 2. The molecule has 25 heavy (non-hydrogen) atoms. The van der Waals surface area contributed by atoms with Gasteiger partial charge in [0.1, 0.15) is 0 Å². The number of piperidine rings is 1. The fourth-order valence-corrected chi connectivity index (χ4v) is 3.49. The zero-order valence-electron chi connectivity index (χ0n) is 14.3. The van der Waals surface area contributed by atoms with Gasteiger partial charge in [-0.1, -0.05) is 36.2 Å². The summed E-state index contributed by atoms with van der Waals surface area (Å²) in [6, 6.07) is 12.1. The van der Waals surface area contributed by atoms with Crippen molar-refractivity contribution < 1.29 is 4.79 Å². The zero-order valence-corrected chi connectivity index (χ0v) is 15.1. The van der Waals surface area contributed by atoms with Gasteiger partial charge in [0, 0.05) is 30.0 Å². The highest BCUT2D eigenvalue weighted by molar-refractivity contribution is 6.30. The van der Waals surface area contributed by atoms with Gasteiger partial charge in [0.25, 0.3) is 0 Å². The molecule has 1 aliphatic rings. The molecule has 1 N–H and O–H groups in total. The summed E-state index contributed by atoms with van der Waals surface area (Å²) in [5, 5.41) is 3.77. The van der Waals surface area contributed by atoms with Crippen molar-refractivity contribution >= 4 is 17.5 Å². The molecule has 1 fully saturated rings. The Bertz CT molecular complexity index is 675. The molecule has 1 unspecified atom stereocenters. The monoisotopic (exact) mass is 357 g/mol. The summed E-state index contributed by atoms with van der Waals surface area (Å²) < 4.78 is 0. The van der Waals surface area contributed by atoms with E-state index >= 15 is 0 Å². The molecular weight excluding hydrogens is 334 g/mol. The molecule has 132 valence electrons. The predicted molar refractivity (Wildman–Crippen MR) is 101 cm³/mol. The SMILES string of the molecule is O=C(CN1CCCCC1c1cccnc1)NCCc1ccc(Cl)cc1. The van der Waals surface area contributed by atoms with Crippen LogP contribution in [0, 0.1) is 0 Å². The minimum Gasteiger partial charge on any atom is -0.355 e. The van der Waals surface area contributed by atoms with Crippen LogP contribution in [0.15, 0.2) is 48.8 Å². The van der Waals surface area contributed by atoms with Crippen molar-refractivity contribution in [3.8, 4) is 0 Å². The van der Waals surface area contributed by atoms with Crippen molar-refractivity contribution in [2.75, 3.05) is 19.6 Å². The number of pyridine rings is 1. The van der Waals surface area contributed by atoms with Gasteiger partial charge in [-0.2, -0.15) is 0 Å². The molecule has 0 saturated carbocycles. The van der Waals surface area contributed by atoms with Crippen LogP contribution in [0.1, 0.15) is 36.4 Å². The maximum atomic E-state index is 12.3. The highest BCUT2D eigenvalue weighted by atomic mass is 35.5. The third-order valence-electron chi connectivity index (χ3n) is 4.68. The first-order chi connectivity index (χ1) is 12.2. The van der Waals surface area contributed by atoms with E-state index in [0.29, 0.717) is 19.1 Å². The van der Waals surface area contributed by atoms with Crippen molar-refractivity contribution in [2.45, 2.75) is 31.7 Å². The molecule has 1 amide bonds. The molecule has 0 radical (unpaired) electrons. The average Bonchev–Trinajstić information content (AvgIpc) is 2.64. The minimum atomic E-state index is 0.0877. The van der Waals surface area contributed by atoms with Gasteiger partial charge in [-0.3, -0.25) is 14.7 Å². The maximum Gasteiger partial charge on any atom is 0.234 e. The molecule has 1 aromatic heterocycles. The van der Waals surface area contributed by atoms with Crippen molar-refractivity contribution in [3.63, 3.8) is 0 Å². The van der Waals surface area contributed by atoms with E-state index in [2.05, 4.69) is 21.3 Å². The Labute approximate surface area is 154 Å². The molecule has 1 aliphatic heterocycles. The third kappa shape index (κ3) is 5.28. The number of nitrogens with one attached hydrogen (secondary N) is 1. The van der Waals surface area contributed by atoms with Gasteiger partial charge in [0.15, 0.2) is 0 Å². The lowest BCUT2D eigenvalue weighted by Crippen LogP contribution is -2.42. The van der Waals surface area contributed by atoms with E-state index in [-0.39, 0.29) is 5.91 Å². The highest BCUT2D eigenvalue weighted by Crippen LogP contribution is 2.29. The van der Waals surface area contributed by atoms with Gasteiger partial charge in [0.2, 0.25) is 5.91 Å². The Balaban J connectivity index is 1.49. The molecule has 0 aliphatic carbocycles. The van der Waals surface area contributed by atoms with Gasteiger partial charge in [-0.25, -0.2) is 0 Å². The van der Waals surface area contributed by atoms with E-state index < -0.39 is 0 Å². The van der Waals surface area contributed by atoms with Crippen LogP contribution in [-0.2, 0) is 11.2 Å². The highest BCUT2D eigenvalue weighted by Gasteiger charge is 2.25. The molecule has 5 heteroatoms. The van der Waals surface area contributed by atoms with E-state index in [1.807, 2.05) is 36.5 Å². The molecular formula is C20H24ClN3O. The Morgan fingerprint density at radius 1 is 1.24 bits per heavy atom. The number of halogens is 1. The number of amides is 1. The minimum absolute atomic E-state index is 0.0877. The largest absolute Gasteiger partial charge is 0.355 e. The normalized spacial score (nSPS) is 18.0. The number of rotatable bonds is 6. The predicted octanol–water partition coefficient (Wildman–Crippen LogP) is 3.62. The first kappa shape index (κ1) is 17.9. The third-order valence-corrected chi connectivity index (χ3v) is 4.93. The van der Waals surface area contributed by atoms with E-state index in [1.165, 1.54) is 17.5 Å². The van der Waals surface area contributed by atoms with Crippen LogP contribution in [0.5, 0.6) is 0 Å². The van der Waals surface area contributed by atoms with E-state index in [4.69, 9.17) is 11.6 Å². The van der Waals surface area contributed by atoms with Crippen molar-refractivity contribution in [1.82, 2.24) is 15.2 Å². The Morgan fingerprint density at radius 3 is 2.84 bits per heavy atom. The van der Waals surface area contributed by atoms with Gasteiger partial charge in [-0.15, -0.1) is 0 Å². The van der Waals surface area contributed by atoms with Crippen molar-refractivity contribution in [2.24, 2.45) is 0 Å². The Morgan fingerprint density at radius 2 is 2.08 bits per heavy atom. The van der Waals surface area contributed by atoms with E-state index in [9.17, 15) is 4.79 Å². The second kappa shape index (κ2) is 8.97. The van der Waals surface area contributed by atoms with Crippen molar-refractivity contribution in [3.05, 3.63) is 64.9 Å². The molecule has 1 atom stereocenters. The quantitative estimate of drug-likeness (QED) is 0.858. The topological polar surface area (TPSA) is 45.2 Å². The Hall–Kier alpha value is -1.91. The first-order valence-electron chi connectivity index (χ1n) is 8.87. The van der Waals surface area contributed by atoms with Crippen LogP contribution in [0.2, 0.25) is 5.02 Å². The first-order valence-corrected chi connectivity index (χ1v) is 9.25. The molecule has 2 aromatic rings. The molecule has 4 nitrogen and oxygen atoms in total. The van der Waals surface area contributed by atoms with Gasteiger partial charge in [-0.05, 0) is 55.1 Å². The molecule has 1 saturated heterocycles. The fourth-order valence-electron chi connectivity index (χ4n) is 3.37. The van der Waals surface area contributed by atoms with Crippen LogP contribution in [0.3, 0.4) is 0 Å². The molecule has 0 bridgehead atoms. The smallest absolute Gasteiger partial charge is 0.234 e. The lowest BCUT2D eigenvalue weighted by molar-refractivity contribution is -0.123. The van der Waals surface area contributed by atoms with Gasteiger partial charge in [0.05, 0.1) is 6.54 Å². The zero-order chi connectivity index (χ0) is 17.5. The summed E-state index contributed by atoms with van der Waals surface area (Å²) in [4.78, 5) is 18.8. The second-order valence-electron chi connectivity index (χ2n) is 6.49. The lowest BCUT2D eigenvalue weighted by atomic mass is 9.96. The summed E-state index contributed by atoms with van der Waals surface area (Å²) in [6.45, 7) is 2.05. The van der Waals surface area contributed by atoms with Gasteiger partial charge >= 0.3 is 0 Å². The summed E-state index contributed by atoms with van der Waals surface area (Å²) in [5.41, 5.74) is 2.38. The van der Waals surface area contributed by atoms with E-state index in [0.717, 1.165) is 30.8 Å². The fraction of sp³-hybridized carbons (Fsp3) is 0.400. The van der Waals surface area contributed by atoms with Gasteiger partial charge < -0.3 is 5.32 Å². The number of carbonyl (C=O) groups is 1. The molecule has 1 aromatic carbocycles. The number of hydrogen-bond acceptors (Lipinski definition) is 3. The summed E-state index contributed by atoms with van der Waals surface area (Å²) in [6.07, 6.45) is 7.96. The number of hydrogen-bond donors (Lipinski definition) is 1. The number of likely N-dealkylation sites (tertiary alicyclic amines) is 1. The van der Waals surface area contributed by atoms with Crippen LogP contribution < -0.4 is 5.32 Å². The lowest BCUT2D eigenvalue weighted by Gasteiger charge is -2.35. The van der Waals surface area contributed by atoms with E-state index in [1.54, 1.807) is 6.20 Å². The van der Waals surface area contributed by atoms with Crippen molar-refractivity contribution in [1.29, 1.82) is 0 Å². The summed E-state index contributed by atoms with van der Waals surface area (Å²) >= 11 is 5.89. The average molecular weight is 358 g/mol. The molecule has 2 heterocycles. The molecule has 3 rings (SSSR count). The maximum absolute atomic E-state index is 12.3.